The van der Waals surface area contributed by atoms with Gasteiger partial charge < -0.3 is 31.6 Å². The van der Waals surface area contributed by atoms with Gasteiger partial charge in [0, 0.05) is 12.1 Å². The third-order valence-corrected chi connectivity index (χ3v) is 3.78. The molecular weight excluding hydrogens is 357 g/mol. The maximum Gasteiger partial charge on any atom is 0.161 e. The van der Waals surface area contributed by atoms with Crippen molar-refractivity contribution in [2.75, 3.05) is 7.11 Å². The van der Waals surface area contributed by atoms with Crippen LogP contribution in [-0.2, 0) is 19.7 Å². The second-order valence-electron chi connectivity index (χ2n) is 5.55. The summed E-state index contributed by atoms with van der Waals surface area (Å²) in [6.45, 7) is 1.48. The summed E-state index contributed by atoms with van der Waals surface area (Å²) in [5.41, 5.74) is 1.57. The summed E-state index contributed by atoms with van der Waals surface area (Å²) in [4.78, 5) is 0. The van der Waals surface area contributed by atoms with Crippen molar-refractivity contribution < 1.29 is 30.7 Å². The summed E-state index contributed by atoms with van der Waals surface area (Å²) in [6, 6.07) is 16.0. The Morgan fingerprint density at radius 1 is 1.00 bits per heavy atom. The van der Waals surface area contributed by atoms with Crippen molar-refractivity contribution in [1.82, 2.24) is 5.32 Å². The van der Waals surface area contributed by atoms with E-state index in [4.69, 9.17) is 13.9 Å². The predicted octanol–water partition coefficient (Wildman–Crippen LogP) is 1.30. The van der Waals surface area contributed by atoms with Gasteiger partial charge in [0.1, 0.15) is 18.2 Å². The molecule has 0 aliphatic rings. The average Bonchev–Trinajstić information content (AvgIpc) is 3.15. The Balaban J connectivity index is 0.00000243. The zero-order chi connectivity index (χ0) is 17.5. The third kappa shape index (κ3) is 5.25. The average molecular weight is 377 g/mol. The van der Waals surface area contributed by atoms with E-state index in [1.165, 1.54) is 6.07 Å². The minimum Gasteiger partial charge on any atom is -1.00 e. The van der Waals surface area contributed by atoms with Crippen molar-refractivity contribution in [2.24, 2.45) is 0 Å². The van der Waals surface area contributed by atoms with Gasteiger partial charge in [-0.3, -0.25) is 0 Å². The van der Waals surface area contributed by atoms with Gasteiger partial charge in [-0.15, -0.1) is 0 Å². The van der Waals surface area contributed by atoms with Crippen LogP contribution < -0.4 is 27.2 Å². The Kier molecular flexibility index (Phi) is 7.51. The Morgan fingerprint density at radius 3 is 2.58 bits per heavy atom. The minimum absolute atomic E-state index is 0. The van der Waals surface area contributed by atoms with Crippen LogP contribution in [0.2, 0.25) is 0 Å². The second-order valence-corrected chi connectivity index (χ2v) is 5.55. The van der Waals surface area contributed by atoms with Gasteiger partial charge in [0.05, 0.1) is 19.9 Å². The molecule has 2 aromatic carbocycles. The molecule has 0 saturated heterocycles. The summed E-state index contributed by atoms with van der Waals surface area (Å²) in [5.74, 6) is 1.81. The van der Waals surface area contributed by atoms with Crippen LogP contribution in [0.15, 0.2) is 65.3 Å². The molecule has 0 aliphatic heterocycles. The predicted molar refractivity (Wildman–Crippen MR) is 93.0 cm³/mol. The summed E-state index contributed by atoms with van der Waals surface area (Å²) >= 11 is 0. The molecule has 4 nitrogen and oxygen atoms in total. The third-order valence-electron chi connectivity index (χ3n) is 3.78. The molecule has 1 N–H and O–H groups in total. The van der Waals surface area contributed by atoms with E-state index in [0.717, 1.165) is 11.3 Å². The van der Waals surface area contributed by atoms with Crippen molar-refractivity contribution in [2.45, 2.75) is 19.7 Å². The highest BCUT2D eigenvalue weighted by atomic mass is 35.5. The van der Waals surface area contributed by atoms with Crippen molar-refractivity contribution >= 4 is 0 Å². The number of benzene rings is 2. The number of rotatable bonds is 8. The number of halogens is 2. The lowest BCUT2D eigenvalue weighted by Gasteiger charge is -2.13. The quantitative estimate of drug-likeness (QED) is 0.643. The van der Waals surface area contributed by atoms with Crippen LogP contribution in [0.5, 0.6) is 11.5 Å². The fourth-order valence-corrected chi connectivity index (χ4v) is 2.46. The molecule has 0 unspecified atom stereocenters. The summed E-state index contributed by atoms with van der Waals surface area (Å²) in [6.07, 6.45) is 1.65. The molecule has 0 saturated carbocycles. The molecule has 1 aromatic heterocycles. The van der Waals surface area contributed by atoms with E-state index in [2.05, 4.69) is 5.32 Å². The molecule has 0 aliphatic carbocycles. The van der Waals surface area contributed by atoms with Gasteiger partial charge in [0.2, 0.25) is 0 Å². The summed E-state index contributed by atoms with van der Waals surface area (Å²) in [5, 5.41) is 3.30. The fraction of sp³-hybridized carbons (Fsp3) is 0.200. The zero-order valence-electron chi connectivity index (χ0n) is 14.4. The second kappa shape index (κ2) is 9.85. The van der Waals surface area contributed by atoms with E-state index in [0.29, 0.717) is 30.2 Å². The van der Waals surface area contributed by atoms with E-state index < -0.39 is 0 Å². The lowest BCUT2D eigenvalue weighted by Crippen LogP contribution is -3.00. The molecule has 0 atom stereocenters. The number of furan rings is 1. The van der Waals surface area contributed by atoms with Crippen molar-refractivity contribution in [3.63, 3.8) is 0 Å². The minimum atomic E-state index is -0.278. The highest BCUT2D eigenvalue weighted by Crippen LogP contribution is 2.29. The number of nitrogens with one attached hydrogen (secondary N) is 1. The van der Waals surface area contributed by atoms with Crippen LogP contribution in [0.25, 0.3) is 0 Å². The van der Waals surface area contributed by atoms with Gasteiger partial charge in [-0.25, -0.2) is 4.39 Å². The normalized spacial score (nSPS) is 10.2. The van der Waals surface area contributed by atoms with Crippen LogP contribution in [0, 0.1) is 5.82 Å². The molecule has 1 heterocycles. The maximum absolute atomic E-state index is 13.7. The molecule has 26 heavy (non-hydrogen) atoms. The molecule has 3 rings (SSSR count). The van der Waals surface area contributed by atoms with Crippen LogP contribution in [-0.4, -0.2) is 7.11 Å². The van der Waals surface area contributed by atoms with Crippen LogP contribution in [0.1, 0.15) is 16.9 Å². The van der Waals surface area contributed by atoms with Gasteiger partial charge in [-0.2, -0.15) is 0 Å². The number of methoxy groups -OCH3 is 1. The van der Waals surface area contributed by atoms with E-state index >= 15 is 0 Å². The molecule has 138 valence electrons. The molecule has 0 radical (unpaired) electrons. The monoisotopic (exact) mass is 376 g/mol. The van der Waals surface area contributed by atoms with Gasteiger partial charge in [-0.1, -0.05) is 24.3 Å². The van der Waals surface area contributed by atoms with Crippen molar-refractivity contribution in [1.29, 1.82) is 0 Å². The molecule has 0 fully saturated rings. The maximum atomic E-state index is 13.7. The van der Waals surface area contributed by atoms with Gasteiger partial charge in [-0.05, 0) is 35.9 Å². The first-order valence-electron chi connectivity index (χ1n) is 8.02. The fourth-order valence-electron chi connectivity index (χ4n) is 2.46. The van der Waals surface area contributed by atoms with Crippen molar-refractivity contribution in [3.8, 4) is 11.5 Å². The first kappa shape index (κ1) is 19.8. The van der Waals surface area contributed by atoms with Gasteiger partial charge >= 0.3 is 0 Å². The lowest BCUT2D eigenvalue weighted by molar-refractivity contribution is -0.00000678. The van der Waals surface area contributed by atoms with Crippen LogP contribution >= 0.6 is 0 Å². The standard InChI is InChI=1S/C20H20FNO3.ClH/c1-23-20-11-15(12-22-13-17-6-4-10-24-17)8-9-19(20)25-14-16-5-2-3-7-18(16)21;/h2-11,22H,12-14H2,1H3;1H/p-1. The molecule has 3 aromatic rings. The van der Waals surface area contributed by atoms with E-state index in [9.17, 15) is 4.39 Å². The molecule has 6 heteroatoms. The lowest BCUT2D eigenvalue weighted by atomic mass is 10.2. The molecular formula is C20H20ClFNO3-. The zero-order valence-corrected chi connectivity index (χ0v) is 15.1. The van der Waals surface area contributed by atoms with Crippen molar-refractivity contribution in [3.05, 3.63) is 83.6 Å². The molecule has 0 bridgehead atoms. The Bertz CT molecular complexity index is 809. The van der Waals surface area contributed by atoms with E-state index in [-0.39, 0.29) is 24.8 Å². The van der Waals surface area contributed by atoms with Gasteiger partial charge in [0.25, 0.3) is 0 Å². The Labute approximate surface area is 158 Å². The first-order chi connectivity index (χ1) is 12.3. The highest BCUT2D eigenvalue weighted by molar-refractivity contribution is 5.43. The van der Waals surface area contributed by atoms with E-state index in [1.807, 2.05) is 30.3 Å². The van der Waals surface area contributed by atoms with Crippen LogP contribution in [0.3, 0.4) is 0 Å². The number of hydrogen-bond acceptors (Lipinski definition) is 4. The Morgan fingerprint density at radius 2 is 1.85 bits per heavy atom. The topological polar surface area (TPSA) is 43.6 Å². The highest BCUT2D eigenvalue weighted by Gasteiger charge is 2.08. The smallest absolute Gasteiger partial charge is 0.161 e. The number of hydrogen-bond donors (Lipinski definition) is 1. The number of ether oxygens (including phenoxy) is 2. The summed E-state index contributed by atoms with van der Waals surface area (Å²) < 4.78 is 30.1. The van der Waals surface area contributed by atoms with Crippen LogP contribution in [0.4, 0.5) is 4.39 Å². The SMILES string of the molecule is COc1cc(CNCc2ccco2)ccc1OCc1ccccc1F.[Cl-]. The van der Waals surface area contributed by atoms with E-state index in [1.54, 1.807) is 31.6 Å². The molecule has 0 spiro atoms. The largest absolute Gasteiger partial charge is 1.00 e. The first-order valence-corrected chi connectivity index (χ1v) is 8.02. The molecule has 0 amide bonds. The van der Waals surface area contributed by atoms with Gasteiger partial charge in [0.15, 0.2) is 11.5 Å². The summed E-state index contributed by atoms with van der Waals surface area (Å²) in [7, 11) is 1.59. The Hall–Kier alpha value is -2.50.